The van der Waals surface area contributed by atoms with Gasteiger partial charge in [-0.15, -0.1) is 5.10 Å². The van der Waals surface area contributed by atoms with Gasteiger partial charge in [-0.05, 0) is 29.8 Å². The first kappa shape index (κ1) is 26.8. The summed E-state index contributed by atoms with van der Waals surface area (Å²) >= 11 is 6.43. The minimum atomic E-state index is -2.65. The Labute approximate surface area is 228 Å². The molecule has 0 aliphatic rings. The largest absolute Gasteiger partial charge is 0.371 e. The lowest BCUT2D eigenvalue weighted by Crippen LogP contribution is -2.14. The maximum Gasteiger partial charge on any atom is 0.257 e. The Morgan fingerprint density at radius 3 is 2.50 bits per heavy atom. The number of alkyl halides is 2. The number of hydrogen-bond donors (Lipinski definition) is 2. The number of nitrogens with zero attached hydrogens (tertiary/aromatic N) is 6. The molecule has 0 radical (unpaired) electrons. The minimum absolute atomic E-state index is 0.0669. The summed E-state index contributed by atoms with van der Waals surface area (Å²) in [5, 5.41) is 24.1. The molecule has 0 aliphatic carbocycles. The van der Waals surface area contributed by atoms with E-state index in [4.69, 9.17) is 11.6 Å². The molecule has 0 unspecified atom stereocenters. The van der Waals surface area contributed by atoms with Crippen molar-refractivity contribution in [3.8, 4) is 6.07 Å². The Hall–Kier alpha value is -4.83. The average Bonchev–Trinajstić information content (AvgIpc) is 3.37. The van der Waals surface area contributed by atoms with Crippen LogP contribution in [0.1, 0.15) is 22.9 Å². The van der Waals surface area contributed by atoms with Gasteiger partial charge in [0.1, 0.15) is 24.1 Å². The van der Waals surface area contributed by atoms with E-state index in [-0.39, 0.29) is 27.7 Å². The first-order valence-electron chi connectivity index (χ1n) is 11.5. The molecule has 3 heterocycles. The van der Waals surface area contributed by atoms with Crippen LogP contribution in [0.3, 0.4) is 0 Å². The van der Waals surface area contributed by atoms with Crippen molar-refractivity contribution >= 4 is 39.6 Å². The lowest BCUT2D eigenvalue weighted by molar-refractivity contribution is 0.121. The van der Waals surface area contributed by atoms with Gasteiger partial charge in [0.05, 0.1) is 46.6 Å². The summed E-state index contributed by atoms with van der Waals surface area (Å²) in [6.45, 7) is -0.671. The number of rotatable bonds is 8. The van der Waals surface area contributed by atoms with E-state index in [1.54, 1.807) is 6.07 Å². The molecule has 202 valence electrons. The number of anilines is 3. The maximum absolute atomic E-state index is 13.8. The molecule has 8 nitrogen and oxygen atoms in total. The lowest BCUT2D eigenvalue weighted by Gasteiger charge is -2.21. The smallest absolute Gasteiger partial charge is 0.257 e. The third-order valence-corrected chi connectivity index (χ3v) is 6.02. The summed E-state index contributed by atoms with van der Waals surface area (Å²) in [5.41, 5.74) is 1.78. The van der Waals surface area contributed by atoms with Crippen LogP contribution in [0.4, 0.5) is 39.0 Å². The number of benzene rings is 2. The summed E-state index contributed by atoms with van der Waals surface area (Å²) < 4.78 is 67.7. The first-order valence-corrected chi connectivity index (χ1v) is 11.9. The number of aromatic nitrogens is 5. The van der Waals surface area contributed by atoms with Crippen molar-refractivity contribution in [3.63, 3.8) is 0 Å². The molecule has 2 N–H and O–H groups in total. The zero-order valence-corrected chi connectivity index (χ0v) is 20.8. The van der Waals surface area contributed by atoms with Gasteiger partial charge < -0.3 is 10.6 Å². The van der Waals surface area contributed by atoms with E-state index in [2.05, 4.69) is 30.9 Å². The van der Waals surface area contributed by atoms with Crippen LogP contribution in [-0.2, 0) is 6.54 Å². The highest BCUT2D eigenvalue weighted by atomic mass is 35.5. The highest BCUT2D eigenvalue weighted by Gasteiger charge is 2.22. The molecule has 0 fully saturated rings. The van der Waals surface area contributed by atoms with Gasteiger partial charge in [0.2, 0.25) is 5.95 Å². The van der Waals surface area contributed by atoms with Gasteiger partial charge in [0.15, 0.2) is 5.82 Å². The molecule has 5 aromatic rings. The van der Waals surface area contributed by atoms with Gasteiger partial charge >= 0.3 is 0 Å². The molecule has 0 aliphatic heterocycles. The molecule has 3 aromatic heterocycles. The summed E-state index contributed by atoms with van der Waals surface area (Å²) in [4.78, 5) is 7.74. The van der Waals surface area contributed by atoms with Crippen LogP contribution >= 0.6 is 11.6 Å². The van der Waals surface area contributed by atoms with E-state index in [0.717, 1.165) is 16.9 Å². The van der Waals surface area contributed by atoms with Gasteiger partial charge in [0.25, 0.3) is 6.43 Å². The summed E-state index contributed by atoms with van der Waals surface area (Å²) in [5.74, 6) is -2.95. The lowest BCUT2D eigenvalue weighted by atomic mass is 10.0. The van der Waals surface area contributed by atoms with Gasteiger partial charge in [-0.25, -0.2) is 27.2 Å². The highest BCUT2D eigenvalue weighted by Crippen LogP contribution is 2.37. The zero-order valence-electron chi connectivity index (χ0n) is 20.1. The Balaban J connectivity index is 1.61. The van der Waals surface area contributed by atoms with Crippen LogP contribution in [-0.4, -0.2) is 31.4 Å². The Morgan fingerprint density at radius 1 is 1.02 bits per heavy atom. The number of pyridine rings is 2. The Bertz CT molecular complexity index is 1740. The van der Waals surface area contributed by atoms with Gasteiger partial charge in [-0.3, -0.25) is 4.98 Å². The van der Waals surface area contributed by atoms with Crippen molar-refractivity contribution in [2.45, 2.75) is 19.0 Å². The number of nitrogens with one attached hydrogen (secondary N) is 2. The Morgan fingerprint density at radius 2 is 1.80 bits per heavy atom. The van der Waals surface area contributed by atoms with E-state index >= 15 is 0 Å². The number of halogens is 6. The molecular formula is C26H16ClF5N8. The molecule has 40 heavy (non-hydrogen) atoms. The van der Waals surface area contributed by atoms with Gasteiger partial charge in [0, 0.05) is 22.7 Å². The molecule has 5 rings (SSSR count). The second kappa shape index (κ2) is 11.1. The average molecular weight is 571 g/mol. The molecule has 0 amide bonds. The van der Waals surface area contributed by atoms with Crippen LogP contribution in [0.5, 0.6) is 0 Å². The predicted molar refractivity (Wildman–Crippen MR) is 137 cm³/mol. The van der Waals surface area contributed by atoms with Crippen molar-refractivity contribution in [2.75, 3.05) is 10.6 Å². The monoisotopic (exact) mass is 570 g/mol. The van der Waals surface area contributed by atoms with Crippen LogP contribution in [0.25, 0.3) is 10.9 Å². The van der Waals surface area contributed by atoms with E-state index in [0.29, 0.717) is 22.2 Å². The molecule has 0 saturated carbocycles. The normalized spacial score (nSPS) is 11.9. The van der Waals surface area contributed by atoms with E-state index in [1.807, 2.05) is 6.07 Å². The SMILES string of the molecule is N#Cc1cnc2c(N[C@@H](c3ccc(F)cc3)c3cn(CC(F)F)nn3)cc(Cl)cc2c1Nc1cnc(F)c(F)c1. The van der Waals surface area contributed by atoms with Gasteiger partial charge in [-0.1, -0.05) is 28.9 Å². The second-order valence-corrected chi connectivity index (χ2v) is 8.95. The molecule has 0 bridgehead atoms. The molecule has 14 heteroatoms. The highest BCUT2D eigenvalue weighted by molar-refractivity contribution is 6.32. The molecule has 0 spiro atoms. The number of fused-ring (bicyclic) bond motifs is 1. The third kappa shape index (κ3) is 5.62. The Kier molecular flexibility index (Phi) is 7.43. The second-order valence-electron chi connectivity index (χ2n) is 8.52. The number of nitriles is 1. The fraction of sp³-hybridized carbons (Fsp3) is 0.115. The zero-order chi connectivity index (χ0) is 28.4. The van der Waals surface area contributed by atoms with Crippen molar-refractivity contribution in [1.82, 2.24) is 25.0 Å². The minimum Gasteiger partial charge on any atom is -0.371 e. The first-order chi connectivity index (χ1) is 19.2. The third-order valence-electron chi connectivity index (χ3n) is 5.80. The standard InChI is InChI=1S/C26H16ClF5N8/c27-15-5-18-23(36-17-7-19(29)26(32)35-10-17)14(8-33)9-34-25(18)20(6-15)37-24(13-1-3-16(28)4-2-13)21-11-40(39-38-21)12-22(30)31/h1-7,9-11,22,24,37H,12H2,(H,34,36)/t24-/m0/s1. The van der Waals surface area contributed by atoms with Crippen LogP contribution < -0.4 is 10.6 Å². The summed E-state index contributed by atoms with van der Waals surface area (Å²) in [7, 11) is 0. The van der Waals surface area contributed by atoms with Crippen LogP contribution in [0, 0.1) is 28.9 Å². The van der Waals surface area contributed by atoms with Crippen molar-refractivity contribution in [1.29, 1.82) is 5.26 Å². The fourth-order valence-corrected chi connectivity index (χ4v) is 4.26. The molecule has 1 atom stereocenters. The van der Waals surface area contributed by atoms with E-state index in [9.17, 15) is 27.2 Å². The van der Waals surface area contributed by atoms with Crippen LogP contribution in [0.2, 0.25) is 5.02 Å². The predicted octanol–water partition coefficient (Wildman–Crippen LogP) is 6.37. The molecular weight excluding hydrogens is 555 g/mol. The fourth-order valence-electron chi connectivity index (χ4n) is 4.05. The topological polar surface area (TPSA) is 104 Å². The molecule has 2 aromatic carbocycles. The van der Waals surface area contributed by atoms with Crippen LogP contribution in [0.15, 0.2) is 61.1 Å². The summed E-state index contributed by atoms with van der Waals surface area (Å²) in [6.07, 6.45) is 1.02. The maximum atomic E-state index is 13.8. The number of hydrogen-bond acceptors (Lipinski definition) is 7. The van der Waals surface area contributed by atoms with E-state index in [1.165, 1.54) is 42.7 Å². The molecule has 0 saturated heterocycles. The van der Waals surface area contributed by atoms with Crippen molar-refractivity contribution in [3.05, 3.63) is 100 Å². The van der Waals surface area contributed by atoms with Crippen molar-refractivity contribution < 1.29 is 22.0 Å². The quantitative estimate of drug-likeness (QED) is 0.165. The summed E-state index contributed by atoms with van der Waals surface area (Å²) in [6, 6.07) is 10.6. The van der Waals surface area contributed by atoms with Crippen molar-refractivity contribution in [2.24, 2.45) is 0 Å². The van der Waals surface area contributed by atoms with Gasteiger partial charge in [-0.2, -0.15) is 9.65 Å². The van der Waals surface area contributed by atoms with E-state index < -0.39 is 36.6 Å².